The molecule has 2 aliphatic heterocycles. The molecule has 11 heteroatoms. The van der Waals surface area contributed by atoms with Crippen LogP contribution in [0.25, 0.3) is 11.1 Å². The first-order valence-electron chi connectivity index (χ1n) is 19.6. The first kappa shape index (κ1) is 40.5. The van der Waals surface area contributed by atoms with Crippen molar-refractivity contribution in [2.75, 3.05) is 19.6 Å². The molecule has 0 spiro atoms. The largest absolute Gasteiger partial charge is 0.392 e. The Balaban J connectivity index is 1.08. The van der Waals surface area contributed by atoms with Crippen LogP contribution in [0.15, 0.2) is 132 Å². The number of rotatable bonds is 14. The third kappa shape index (κ3) is 10.2. The number of ether oxygens (including phenoxy) is 2. The molecule has 5 aromatic carbocycles. The van der Waals surface area contributed by atoms with E-state index < -0.39 is 28.3 Å². The van der Waals surface area contributed by atoms with E-state index in [0.29, 0.717) is 13.1 Å². The maximum atomic E-state index is 13.7. The van der Waals surface area contributed by atoms with Crippen LogP contribution < -0.4 is 10.0 Å². The van der Waals surface area contributed by atoms with Crippen molar-refractivity contribution in [3.05, 3.63) is 161 Å². The van der Waals surface area contributed by atoms with Gasteiger partial charge in [-0.1, -0.05) is 116 Å². The first-order chi connectivity index (χ1) is 27.5. The summed E-state index contributed by atoms with van der Waals surface area (Å²) in [5.74, 6) is -0.402. The van der Waals surface area contributed by atoms with Crippen LogP contribution in [-0.4, -0.2) is 67.3 Å². The van der Waals surface area contributed by atoms with Gasteiger partial charge in [-0.2, -0.15) is 4.72 Å². The number of aryl methyl sites for hydroxylation is 1. The highest BCUT2D eigenvalue weighted by molar-refractivity contribution is 7.89. The second-order valence-corrected chi connectivity index (χ2v) is 17.0. The van der Waals surface area contributed by atoms with E-state index in [1.54, 1.807) is 12.1 Å². The number of nitrogens with zero attached hydrogens (tertiary/aromatic N) is 1. The minimum absolute atomic E-state index is 0.0271. The maximum absolute atomic E-state index is 13.7. The lowest BCUT2D eigenvalue weighted by Crippen LogP contribution is -2.47. The molecule has 0 saturated carbocycles. The summed E-state index contributed by atoms with van der Waals surface area (Å²) in [6.07, 6.45) is -0.445. The summed E-state index contributed by atoms with van der Waals surface area (Å²) >= 11 is 0. The molecular weight excluding hydrogens is 739 g/mol. The molecule has 0 radical (unpaired) electrons. The zero-order chi connectivity index (χ0) is 39.9. The number of likely N-dealkylation sites (tertiary alicyclic amines) is 1. The first-order valence-corrected chi connectivity index (χ1v) is 21.0. The minimum atomic E-state index is -3.97. The SMILES string of the molecule is Cc1ccc(S(=O)(=O)N[C@H](Cc2ccccc2)C(=O)NCc2cccc(-c3cccc([C@H]4O[C@@H](CN5CC[C@H](O)C5)[C@@H](C)[C@@H](c5ccc(CO)cc5)O4)c3)c2)cc1. The number of aliphatic hydroxyl groups excluding tert-OH is 2. The fourth-order valence-electron chi connectivity index (χ4n) is 7.61. The van der Waals surface area contributed by atoms with E-state index in [4.69, 9.17) is 9.47 Å². The number of β-amino-alcohol motifs (C(OH)–C–C–N with tert-alkyl or cyclic N) is 1. The lowest BCUT2D eigenvalue weighted by atomic mass is 9.90. The van der Waals surface area contributed by atoms with Gasteiger partial charge in [0.1, 0.15) is 6.04 Å². The zero-order valence-corrected chi connectivity index (χ0v) is 33.1. The highest BCUT2D eigenvalue weighted by Crippen LogP contribution is 2.42. The zero-order valence-electron chi connectivity index (χ0n) is 32.3. The number of hydrogen-bond acceptors (Lipinski definition) is 8. The molecule has 57 heavy (non-hydrogen) atoms. The summed E-state index contributed by atoms with van der Waals surface area (Å²) in [7, 11) is -3.97. The highest BCUT2D eigenvalue weighted by Gasteiger charge is 2.40. The second-order valence-electron chi connectivity index (χ2n) is 15.2. The van der Waals surface area contributed by atoms with Crippen molar-refractivity contribution in [1.29, 1.82) is 0 Å². The van der Waals surface area contributed by atoms with Crippen LogP contribution in [0.3, 0.4) is 0 Å². The van der Waals surface area contributed by atoms with E-state index in [1.165, 1.54) is 12.1 Å². The van der Waals surface area contributed by atoms with Crippen molar-refractivity contribution in [2.45, 2.75) is 75.4 Å². The van der Waals surface area contributed by atoms with Gasteiger partial charge in [0.05, 0.1) is 29.8 Å². The van der Waals surface area contributed by atoms with Gasteiger partial charge in [0.15, 0.2) is 6.29 Å². The van der Waals surface area contributed by atoms with Gasteiger partial charge < -0.3 is 25.0 Å². The van der Waals surface area contributed by atoms with Crippen LogP contribution >= 0.6 is 0 Å². The monoisotopic (exact) mass is 789 g/mol. The van der Waals surface area contributed by atoms with Gasteiger partial charge in [-0.05, 0) is 77.4 Å². The molecule has 2 aliphatic rings. The van der Waals surface area contributed by atoms with E-state index in [9.17, 15) is 23.4 Å². The summed E-state index contributed by atoms with van der Waals surface area (Å²) in [4.78, 5) is 16.1. The lowest BCUT2D eigenvalue weighted by Gasteiger charge is -2.42. The molecule has 2 saturated heterocycles. The fourth-order valence-corrected chi connectivity index (χ4v) is 8.80. The average molecular weight is 790 g/mol. The van der Waals surface area contributed by atoms with E-state index in [-0.39, 0.29) is 48.7 Å². The smallest absolute Gasteiger partial charge is 0.241 e. The van der Waals surface area contributed by atoms with E-state index in [1.807, 2.05) is 104 Å². The number of hydrogen-bond donors (Lipinski definition) is 4. The Bertz CT molecular complexity index is 2220. The standard InChI is InChI=1S/C46H51N3O7S/c1-31-14-20-41(21-15-31)57(53,54)48-42(25-33-8-4-3-5-9-33)45(52)47-27-35-10-6-11-37(24-35)38-12-7-13-39(26-38)46-55-43(29-49-23-22-40(51)28-49)32(2)44(56-46)36-18-16-34(30-50)17-19-36/h3-21,24,26,32,40,42-44,46,48,50-51H,22-23,25,27-30H2,1-2H3,(H,47,52)/t32-,40+,42-,43+,44+,46+/m1/s1. The lowest BCUT2D eigenvalue weighted by molar-refractivity contribution is -0.276. The highest BCUT2D eigenvalue weighted by atomic mass is 32.2. The summed E-state index contributed by atoms with van der Waals surface area (Å²) < 4.78 is 42.8. The summed E-state index contributed by atoms with van der Waals surface area (Å²) in [6, 6.07) is 38.7. The molecule has 298 valence electrons. The number of sulfonamides is 1. The predicted octanol–water partition coefficient (Wildman–Crippen LogP) is 6.22. The van der Waals surface area contributed by atoms with Crippen LogP contribution in [0.1, 0.15) is 59.1 Å². The third-order valence-electron chi connectivity index (χ3n) is 10.9. The minimum Gasteiger partial charge on any atom is -0.392 e. The van der Waals surface area contributed by atoms with Crippen molar-refractivity contribution in [3.8, 4) is 11.1 Å². The van der Waals surface area contributed by atoms with Crippen molar-refractivity contribution in [2.24, 2.45) is 5.92 Å². The summed E-state index contributed by atoms with van der Waals surface area (Å²) in [6.45, 7) is 6.31. The Morgan fingerprint density at radius 2 is 1.53 bits per heavy atom. The van der Waals surface area contributed by atoms with Gasteiger partial charge in [-0.3, -0.25) is 9.69 Å². The number of carbonyl (C=O) groups excluding carboxylic acids is 1. The Kier molecular flexibility index (Phi) is 13.0. The van der Waals surface area contributed by atoms with Gasteiger partial charge in [0.25, 0.3) is 0 Å². The molecule has 7 rings (SSSR count). The van der Waals surface area contributed by atoms with Gasteiger partial charge in [0.2, 0.25) is 15.9 Å². The molecule has 1 amide bonds. The molecule has 4 N–H and O–H groups in total. The topological polar surface area (TPSA) is 137 Å². The van der Waals surface area contributed by atoms with Gasteiger partial charge in [0, 0.05) is 37.7 Å². The predicted molar refractivity (Wildman–Crippen MR) is 219 cm³/mol. The Morgan fingerprint density at radius 1 is 0.825 bits per heavy atom. The number of aliphatic hydroxyl groups is 2. The Labute approximate surface area is 335 Å². The Morgan fingerprint density at radius 3 is 2.23 bits per heavy atom. The van der Waals surface area contributed by atoms with E-state index in [0.717, 1.165) is 57.5 Å². The van der Waals surface area contributed by atoms with Crippen LogP contribution in [-0.2, 0) is 43.9 Å². The van der Waals surface area contributed by atoms with Crippen LogP contribution in [0.2, 0.25) is 0 Å². The molecule has 0 unspecified atom stereocenters. The second kappa shape index (κ2) is 18.3. The number of benzene rings is 5. The van der Waals surface area contributed by atoms with E-state index in [2.05, 4.69) is 27.9 Å². The van der Waals surface area contributed by atoms with Gasteiger partial charge in [-0.15, -0.1) is 0 Å². The molecule has 0 bridgehead atoms. The van der Waals surface area contributed by atoms with Crippen LogP contribution in [0.4, 0.5) is 0 Å². The van der Waals surface area contributed by atoms with Crippen LogP contribution in [0.5, 0.6) is 0 Å². The molecule has 5 aromatic rings. The summed E-state index contributed by atoms with van der Waals surface area (Å²) in [5, 5.41) is 22.8. The molecule has 2 heterocycles. The molecule has 2 fully saturated rings. The average Bonchev–Trinajstić information content (AvgIpc) is 3.65. The van der Waals surface area contributed by atoms with Crippen molar-refractivity contribution >= 4 is 15.9 Å². The quantitative estimate of drug-likeness (QED) is 0.104. The fraction of sp³-hybridized carbons (Fsp3) is 0.326. The Hall–Kier alpha value is -4.72. The maximum Gasteiger partial charge on any atom is 0.241 e. The molecule has 0 aliphatic carbocycles. The number of carbonyl (C=O) groups is 1. The number of nitrogens with one attached hydrogen (secondary N) is 2. The summed E-state index contributed by atoms with van der Waals surface area (Å²) in [5.41, 5.74) is 7.22. The van der Waals surface area contributed by atoms with Gasteiger partial charge in [-0.25, -0.2) is 8.42 Å². The molecule has 10 nitrogen and oxygen atoms in total. The molecular formula is C46H51N3O7S. The van der Waals surface area contributed by atoms with Crippen molar-refractivity contribution in [3.63, 3.8) is 0 Å². The van der Waals surface area contributed by atoms with E-state index >= 15 is 0 Å². The van der Waals surface area contributed by atoms with Crippen molar-refractivity contribution in [1.82, 2.24) is 14.9 Å². The van der Waals surface area contributed by atoms with Crippen LogP contribution in [0, 0.1) is 12.8 Å². The molecule has 6 atom stereocenters. The van der Waals surface area contributed by atoms with Gasteiger partial charge >= 0.3 is 0 Å². The third-order valence-corrected chi connectivity index (χ3v) is 12.4. The normalized spacial score (nSPS) is 21.9. The number of amides is 1. The molecule has 0 aromatic heterocycles. The van der Waals surface area contributed by atoms with Crippen molar-refractivity contribution < 1.29 is 32.9 Å².